The summed E-state index contributed by atoms with van der Waals surface area (Å²) in [5.41, 5.74) is 6.74. The van der Waals surface area contributed by atoms with Crippen LogP contribution in [0.3, 0.4) is 0 Å². The van der Waals surface area contributed by atoms with Crippen LogP contribution in [-0.2, 0) is 21.5 Å². The minimum Gasteiger partial charge on any atom is -0.384 e. The molecule has 0 amide bonds. The van der Waals surface area contributed by atoms with E-state index in [1.54, 1.807) is 24.3 Å². The van der Waals surface area contributed by atoms with Gasteiger partial charge in [-0.05, 0) is 11.6 Å². The van der Waals surface area contributed by atoms with E-state index in [1.165, 1.54) is 4.31 Å². The number of nitrogen functional groups attached to an aromatic ring is 1. The van der Waals surface area contributed by atoms with Gasteiger partial charge in [-0.2, -0.15) is 17.4 Å². The molecule has 0 aromatic heterocycles. The molecule has 0 unspecified atom stereocenters. The Morgan fingerprint density at radius 2 is 2.10 bits per heavy atom. The maximum absolute atomic E-state index is 12.1. The van der Waals surface area contributed by atoms with Crippen molar-refractivity contribution in [3.63, 3.8) is 0 Å². The number of benzene rings is 1. The van der Waals surface area contributed by atoms with Gasteiger partial charge < -0.3 is 10.5 Å². The van der Waals surface area contributed by atoms with Crippen LogP contribution in [0.15, 0.2) is 24.3 Å². The molecule has 0 spiro atoms. The van der Waals surface area contributed by atoms with Crippen LogP contribution >= 0.6 is 0 Å². The van der Waals surface area contributed by atoms with E-state index in [2.05, 4.69) is 4.72 Å². The highest BCUT2D eigenvalue weighted by atomic mass is 32.2. The average Bonchev–Trinajstić information content (AvgIpc) is 2.46. The monoisotopic (exact) mass is 298 g/mol. The number of nitrogens with one attached hydrogen (secondary N) is 2. The summed E-state index contributed by atoms with van der Waals surface area (Å²) in [6.45, 7) is 1.73. The minimum absolute atomic E-state index is 0.0390. The first-order chi connectivity index (χ1) is 9.49. The summed E-state index contributed by atoms with van der Waals surface area (Å²) in [6, 6.07) is 6.94. The largest absolute Gasteiger partial charge is 0.384 e. The molecule has 0 saturated carbocycles. The molecule has 4 N–H and O–H groups in total. The summed E-state index contributed by atoms with van der Waals surface area (Å²) in [5, 5.41) is 7.36. The van der Waals surface area contributed by atoms with Gasteiger partial charge in [-0.25, -0.2) is 0 Å². The topological polar surface area (TPSA) is 109 Å². The summed E-state index contributed by atoms with van der Waals surface area (Å²) in [7, 11) is -3.50. The summed E-state index contributed by atoms with van der Waals surface area (Å²) >= 11 is 0. The van der Waals surface area contributed by atoms with Crippen LogP contribution in [0.4, 0.5) is 0 Å². The third kappa shape index (κ3) is 3.76. The Bertz CT molecular complexity index is 582. The van der Waals surface area contributed by atoms with Crippen LogP contribution in [0, 0.1) is 5.41 Å². The molecule has 1 aromatic carbocycles. The number of ether oxygens (including phenoxy) is 1. The van der Waals surface area contributed by atoms with Crippen molar-refractivity contribution in [3.05, 3.63) is 35.4 Å². The molecular weight excluding hydrogens is 280 g/mol. The second kappa shape index (κ2) is 6.31. The molecule has 20 heavy (non-hydrogen) atoms. The zero-order valence-electron chi connectivity index (χ0n) is 11.0. The van der Waals surface area contributed by atoms with Gasteiger partial charge in [0, 0.05) is 25.2 Å². The minimum atomic E-state index is -3.50. The molecule has 1 aromatic rings. The molecule has 110 valence electrons. The van der Waals surface area contributed by atoms with E-state index in [-0.39, 0.29) is 12.4 Å². The van der Waals surface area contributed by atoms with E-state index in [4.69, 9.17) is 15.9 Å². The molecule has 1 fully saturated rings. The van der Waals surface area contributed by atoms with Gasteiger partial charge in [0.05, 0.1) is 13.2 Å². The molecule has 2 rings (SSSR count). The van der Waals surface area contributed by atoms with E-state index in [9.17, 15) is 8.42 Å². The fourth-order valence-electron chi connectivity index (χ4n) is 1.90. The highest BCUT2D eigenvalue weighted by molar-refractivity contribution is 7.87. The molecule has 0 atom stereocenters. The third-order valence-corrected chi connectivity index (χ3v) is 4.56. The van der Waals surface area contributed by atoms with Gasteiger partial charge in [0.25, 0.3) is 10.2 Å². The molecule has 8 heteroatoms. The highest BCUT2D eigenvalue weighted by Crippen LogP contribution is 2.07. The molecule has 7 nitrogen and oxygen atoms in total. The van der Waals surface area contributed by atoms with Gasteiger partial charge in [0.15, 0.2) is 0 Å². The number of hydrogen-bond acceptors (Lipinski definition) is 4. The van der Waals surface area contributed by atoms with Crippen LogP contribution in [0.2, 0.25) is 0 Å². The van der Waals surface area contributed by atoms with Crippen molar-refractivity contribution in [1.29, 1.82) is 5.41 Å². The predicted molar refractivity (Wildman–Crippen MR) is 75.6 cm³/mol. The van der Waals surface area contributed by atoms with Gasteiger partial charge in [0.1, 0.15) is 5.84 Å². The first-order valence-corrected chi connectivity index (χ1v) is 7.69. The summed E-state index contributed by atoms with van der Waals surface area (Å²) in [5.74, 6) is -0.0390. The smallest absolute Gasteiger partial charge is 0.279 e. The van der Waals surface area contributed by atoms with Crippen LogP contribution in [0.25, 0.3) is 0 Å². The first kappa shape index (κ1) is 14.9. The maximum atomic E-state index is 12.1. The SMILES string of the molecule is N=C(N)c1cccc(CNS(=O)(=O)N2CCOCC2)c1. The van der Waals surface area contributed by atoms with Gasteiger partial charge >= 0.3 is 0 Å². The zero-order valence-corrected chi connectivity index (χ0v) is 11.8. The van der Waals surface area contributed by atoms with Gasteiger partial charge in [-0.3, -0.25) is 5.41 Å². The van der Waals surface area contributed by atoms with E-state index >= 15 is 0 Å². The Balaban J connectivity index is 2.00. The number of morpholine rings is 1. The van der Waals surface area contributed by atoms with Crippen molar-refractivity contribution < 1.29 is 13.2 Å². The third-order valence-electron chi connectivity index (χ3n) is 3.01. The van der Waals surface area contributed by atoms with Crippen LogP contribution in [0.1, 0.15) is 11.1 Å². The van der Waals surface area contributed by atoms with Crippen molar-refractivity contribution >= 4 is 16.0 Å². The molecule has 1 aliphatic rings. The fraction of sp³-hybridized carbons (Fsp3) is 0.417. The quantitative estimate of drug-likeness (QED) is 0.509. The van der Waals surface area contributed by atoms with E-state index < -0.39 is 10.2 Å². The molecular formula is C12H18N4O3S. The summed E-state index contributed by atoms with van der Waals surface area (Å²) in [6.07, 6.45) is 0. The second-order valence-corrected chi connectivity index (χ2v) is 6.21. The van der Waals surface area contributed by atoms with Crippen molar-refractivity contribution in [2.24, 2.45) is 5.73 Å². The Hall–Kier alpha value is -1.48. The van der Waals surface area contributed by atoms with Crippen molar-refractivity contribution in [3.8, 4) is 0 Å². The molecule has 1 heterocycles. The molecule has 1 aliphatic heterocycles. The lowest BCUT2D eigenvalue weighted by molar-refractivity contribution is 0.0725. The average molecular weight is 298 g/mol. The van der Waals surface area contributed by atoms with Crippen LogP contribution in [0.5, 0.6) is 0 Å². The Kier molecular flexibility index (Phi) is 4.71. The summed E-state index contributed by atoms with van der Waals surface area (Å²) in [4.78, 5) is 0. The van der Waals surface area contributed by atoms with E-state index in [1.807, 2.05) is 0 Å². The van der Waals surface area contributed by atoms with Crippen LogP contribution in [-0.4, -0.2) is 44.9 Å². The Morgan fingerprint density at radius 3 is 2.75 bits per heavy atom. The van der Waals surface area contributed by atoms with Crippen molar-refractivity contribution in [1.82, 2.24) is 9.03 Å². The number of amidine groups is 1. The second-order valence-electron chi connectivity index (χ2n) is 4.45. The molecule has 0 radical (unpaired) electrons. The lowest BCUT2D eigenvalue weighted by Gasteiger charge is -2.26. The zero-order chi connectivity index (χ0) is 14.6. The molecule has 0 bridgehead atoms. The predicted octanol–water partition coefficient (Wildman–Crippen LogP) is -0.363. The molecule has 0 aliphatic carbocycles. The van der Waals surface area contributed by atoms with Crippen molar-refractivity contribution in [2.75, 3.05) is 26.3 Å². The van der Waals surface area contributed by atoms with Gasteiger partial charge in [-0.15, -0.1) is 0 Å². The normalized spacial score (nSPS) is 17.0. The van der Waals surface area contributed by atoms with Gasteiger partial charge in [0.2, 0.25) is 0 Å². The van der Waals surface area contributed by atoms with E-state index in [0.29, 0.717) is 31.9 Å². The Labute approximate surface area is 118 Å². The van der Waals surface area contributed by atoms with E-state index in [0.717, 1.165) is 5.56 Å². The van der Waals surface area contributed by atoms with Crippen LogP contribution < -0.4 is 10.5 Å². The van der Waals surface area contributed by atoms with Crippen molar-refractivity contribution in [2.45, 2.75) is 6.54 Å². The highest BCUT2D eigenvalue weighted by Gasteiger charge is 2.23. The lowest BCUT2D eigenvalue weighted by Crippen LogP contribution is -2.46. The fourth-order valence-corrected chi connectivity index (χ4v) is 3.06. The number of rotatable bonds is 5. The first-order valence-electron chi connectivity index (χ1n) is 6.25. The molecule has 1 saturated heterocycles. The number of hydrogen-bond donors (Lipinski definition) is 3. The maximum Gasteiger partial charge on any atom is 0.279 e. The lowest BCUT2D eigenvalue weighted by atomic mass is 10.1. The number of nitrogens with two attached hydrogens (primary N) is 1. The number of nitrogens with zero attached hydrogens (tertiary/aromatic N) is 1. The summed E-state index contributed by atoms with van der Waals surface area (Å²) < 4.78 is 33.2. The standard InChI is InChI=1S/C12H18N4O3S/c13-12(14)11-3-1-2-10(8-11)9-15-20(17,18)16-4-6-19-7-5-16/h1-3,8,15H,4-7,9H2,(H3,13,14). The Morgan fingerprint density at radius 1 is 1.40 bits per heavy atom. The van der Waals surface area contributed by atoms with Gasteiger partial charge in [-0.1, -0.05) is 18.2 Å².